The Bertz CT molecular complexity index is 1440. The van der Waals surface area contributed by atoms with Gasteiger partial charge in [-0.3, -0.25) is 4.98 Å². The van der Waals surface area contributed by atoms with Crippen LogP contribution in [0.15, 0.2) is 42.9 Å². The van der Waals surface area contributed by atoms with E-state index in [1.54, 1.807) is 0 Å². The lowest BCUT2D eigenvalue weighted by atomic mass is 9.79. The molecule has 4 aromatic rings. The molecule has 7 nitrogen and oxygen atoms in total. The summed E-state index contributed by atoms with van der Waals surface area (Å²) in [6, 6.07) is 10.5. The summed E-state index contributed by atoms with van der Waals surface area (Å²) in [6.45, 7) is 6.97. The first-order chi connectivity index (χ1) is 17.2. The lowest BCUT2D eigenvalue weighted by molar-refractivity contribution is 0.00545. The van der Waals surface area contributed by atoms with Gasteiger partial charge in [0, 0.05) is 17.3 Å². The van der Waals surface area contributed by atoms with E-state index in [9.17, 15) is 10.2 Å². The van der Waals surface area contributed by atoms with Crippen LogP contribution in [0.2, 0.25) is 0 Å². The maximum atomic E-state index is 10.9. The first kappa shape index (κ1) is 23.4. The molecule has 1 aromatic carbocycles. The molecule has 7 heteroatoms. The van der Waals surface area contributed by atoms with E-state index in [1.807, 2.05) is 16.8 Å². The highest BCUT2D eigenvalue weighted by atomic mass is 16.3. The SMILES string of the molecule is CC(C)(C)[C@@H]1Cc2cc3ccc(CC[C@H]4C[C@@H](n5ccc6c(N)ncnc65)[C@H](O)[C@@H]4O)cc3nc2C1. The van der Waals surface area contributed by atoms with Crippen LogP contribution in [0, 0.1) is 17.3 Å². The summed E-state index contributed by atoms with van der Waals surface area (Å²) >= 11 is 0. The Morgan fingerprint density at radius 1 is 1.06 bits per heavy atom. The fourth-order valence-electron chi connectivity index (χ4n) is 6.26. The van der Waals surface area contributed by atoms with Crippen LogP contribution in [0.1, 0.15) is 56.5 Å². The Labute approximate surface area is 211 Å². The molecule has 0 unspecified atom stereocenters. The minimum Gasteiger partial charge on any atom is -0.390 e. The summed E-state index contributed by atoms with van der Waals surface area (Å²) in [5.74, 6) is 1.06. The highest BCUT2D eigenvalue weighted by Gasteiger charge is 2.42. The molecule has 0 amide bonds. The van der Waals surface area contributed by atoms with Gasteiger partial charge in [-0.25, -0.2) is 9.97 Å². The number of rotatable bonds is 4. The molecule has 1 saturated carbocycles. The van der Waals surface area contributed by atoms with Crippen LogP contribution in [0.4, 0.5) is 5.82 Å². The second kappa shape index (κ2) is 8.53. The first-order valence-corrected chi connectivity index (χ1v) is 13.0. The molecule has 6 rings (SSSR count). The molecule has 0 radical (unpaired) electrons. The van der Waals surface area contributed by atoms with E-state index in [0.29, 0.717) is 23.8 Å². The number of hydrogen-bond acceptors (Lipinski definition) is 6. The van der Waals surface area contributed by atoms with Crippen molar-refractivity contribution in [2.24, 2.45) is 17.3 Å². The summed E-state index contributed by atoms with van der Waals surface area (Å²) in [5, 5.41) is 23.7. The van der Waals surface area contributed by atoms with Gasteiger partial charge in [-0.2, -0.15) is 0 Å². The third-order valence-electron chi connectivity index (χ3n) is 8.65. The highest BCUT2D eigenvalue weighted by Crippen LogP contribution is 2.41. The van der Waals surface area contributed by atoms with Gasteiger partial charge in [-0.15, -0.1) is 0 Å². The van der Waals surface area contributed by atoms with E-state index in [1.165, 1.54) is 28.5 Å². The van der Waals surface area contributed by atoms with Gasteiger partial charge >= 0.3 is 0 Å². The van der Waals surface area contributed by atoms with Gasteiger partial charge in [0.15, 0.2) is 0 Å². The van der Waals surface area contributed by atoms with Crippen molar-refractivity contribution in [2.45, 2.75) is 71.1 Å². The number of benzene rings is 1. The van der Waals surface area contributed by atoms with Crippen LogP contribution in [0.3, 0.4) is 0 Å². The molecular weight excluding hydrogens is 450 g/mol. The molecule has 0 saturated heterocycles. The number of aliphatic hydroxyl groups is 2. The van der Waals surface area contributed by atoms with E-state index < -0.39 is 12.2 Å². The second-order valence-electron chi connectivity index (χ2n) is 11.9. The molecule has 0 spiro atoms. The molecule has 2 aliphatic carbocycles. The normalized spacial score (nSPS) is 26.2. The minimum absolute atomic E-state index is 0.00199. The lowest BCUT2D eigenvalue weighted by Crippen LogP contribution is -2.29. The number of fused-ring (bicyclic) bond motifs is 3. The van der Waals surface area contributed by atoms with Crippen LogP contribution in [0.5, 0.6) is 0 Å². The fraction of sp³-hybridized carbons (Fsp3) is 0.483. The summed E-state index contributed by atoms with van der Waals surface area (Å²) in [4.78, 5) is 13.5. The summed E-state index contributed by atoms with van der Waals surface area (Å²) < 4.78 is 1.94. The Hall–Kier alpha value is -3.03. The Morgan fingerprint density at radius 3 is 2.69 bits per heavy atom. The minimum atomic E-state index is -0.849. The molecule has 4 N–H and O–H groups in total. The summed E-state index contributed by atoms with van der Waals surface area (Å²) in [7, 11) is 0. The van der Waals surface area contributed by atoms with Crippen molar-refractivity contribution in [1.82, 2.24) is 19.5 Å². The molecule has 5 atom stereocenters. The zero-order valence-corrected chi connectivity index (χ0v) is 21.2. The largest absolute Gasteiger partial charge is 0.390 e. The number of nitrogen functional groups attached to an aromatic ring is 1. The van der Waals surface area contributed by atoms with Gasteiger partial charge in [0.2, 0.25) is 0 Å². The number of nitrogens with zero attached hydrogens (tertiary/aromatic N) is 4. The van der Waals surface area contributed by atoms with E-state index >= 15 is 0 Å². The van der Waals surface area contributed by atoms with Crippen LogP contribution < -0.4 is 5.73 Å². The third kappa shape index (κ3) is 3.95. The topological polar surface area (TPSA) is 110 Å². The molecule has 2 aliphatic rings. The molecule has 188 valence electrons. The predicted octanol–water partition coefficient (Wildman–Crippen LogP) is 4.24. The van der Waals surface area contributed by atoms with Crippen molar-refractivity contribution in [3.05, 3.63) is 59.7 Å². The highest BCUT2D eigenvalue weighted by molar-refractivity contribution is 5.86. The predicted molar refractivity (Wildman–Crippen MR) is 142 cm³/mol. The van der Waals surface area contributed by atoms with Crippen molar-refractivity contribution < 1.29 is 10.2 Å². The number of aliphatic hydroxyl groups excluding tert-OH is 2. The van der Waals surface area contributed by atoms with Crippen molar-refractivity contribution in [3.63, 3.8) is 0 Å². The smallest absolute Gasteiger partial charge is 0.145 e. The number of hydrogen-bond donors (Lipinski definition) is 3. The van der Waals surface area contributed by atoms with Gasteiger partial charge in [0.1, 0.15) is 23.9 Å². The lowest BCUT2D eigenvalue weighted by Gasteiger charge is -2.26. The molecule has 36 heavy (non-hydrogen) atoms. The van der Waals surface area contributed by atoms with Gasteiger partial charge < -0.3 is 20.5 Å². The Morgan fingerprint density at radius 2 is 1.89 bits per heavy atom. The Kier molecular flexibility index (Phi) is 5.54. The maximum Gasteiger partial charge on any atom is 0.145 e. The van der Waals surface area contributed by atoms with Crippen molar-refractivity contribution in [1.29, 1.82) is 0 Å². The fourth-order valence-corrected chi connectivity index (χ4v) is 6.26. The first-order valence-electron chi connectivity index (χ1n) is 13.0. The molecule has 3 aromatic heterocycles. The monoisotopic (exact) mass is 485 g/mol. The quantitative estimate of drug-likeness (QED) is 0.399. The van der Waals surface area contributed by atoms with Crippen molar-refractivity contribution in [2.75, 3.05) is 5.73 Å². The molecule has 0 aliphatic heterocycles. The second-order valence-corrected chi connectivity index (χ2v) is 11.9. The summed E-state index contributed by atoms with van der Waals surface area (Å²) in [6.07, 6.45) is 6.19. The van der Waals surface area contributed by atoms with E-state index in [2.05, 4.69) is 55.0 Å². The van der Waals surface area contributed by atoms with Crippen LogP contribution in [0.25, 0.3) is 21.9 Å². The van der Waals surface area contributed by atoms with E-state index in [-0.39, 0.29) is 17.4 Å². The average Bonchev–Trinajstić information content (AvgIpc) is 3.53. The van der Waals surface area contributed by atoms with Gasteiger partial charge in [0.25, 0.3) is 0 Å². The van der Waals surface area contributed by atoms with Crippen molar-refractivity contribution >= 4 is 27.8 Å². The molecule has 0 bridgehead atoms. The number of pyridine rings is 1. The standard InChI is InChI=1S/C29H35N5O2/c1-29(2,3)20-12-19-11-17-6-4-16(10-22(17)33-23(19)14-20)5-7-18-13-24(26(36)25(18)35)34-9-8-21-27(30)31-15-32-28(21)34/h4,6,8-11,15,18,20,24-26,35-36H,5,7,12-14H2,1-3H3,(H2,30,31,32)/t18-,20+,24+,25+,26-/m0/s1. The molecule has 3 heterocycles. The number of nitrogens with two attached hydrogens (primary N) is 1. The number of anilines is 1. The van der Waals surface area contributed by atoms with Gasteiger partial charge in [0.05, 0.1) is 23.0 Å². The zero-order chi connectivity index (χ0) is 25.2. The average molecular weight is 486 g/mol. The van der Waals surface area contributed by atoms with Crippen LogP contribution in [-0.4, -0.2) is 41.9 Å². The molecule has 1 fully saturated rings. The van der Waals surface area contributed by atoms with E-state index in [0.717, 1.165) is 36.6 Å². The molecular formula is C29H35N5O2. The van der Waals surface area contributed by atoms with Crippen LogP contribution >= 0.6 is 0 Å². The number of aryl methyl sites for hydroxylation is 1. The van der Waals surface area contributed by atoms with E-state index in [4.69, 9.17) is 10.7 Å². The van der Waals surface area contributed by atoms with Crippen LogP contribution in [-0.2, 0) is 19.3 Å². The van der Waals surface area contributed by atoms with Crippen molar-refractivity contribution in [3.8, 4) is 0 Å². The third-order valence-corrected chi connectivity index (χ3v) is 8.65. The summed E-state index contributed by atoms with van der Waals surface area (Å²) in [5.41, 5.74) is 11.9. The maximum absolute atomic E-state index is 10.9. The van der Waals surface area contributed by atoms with Gasteiger partial charge in [-0.1, -0.05) is 32.9 Å². The van der Waals surface area contributed by atoms with Gasteiger partial charge in [-0.05, 0) is 78.7 Å². The zero-order valence-electron chi connectivity index (χ0n) is 21.2. The Balaban J connectivity index is 1.18. The number of aromatic nitrogens is 4.